The molecule has 4 heterocycles. The van der Waals surface area contributed by atoms with Gasteiger partial charge in [0, 0.05) is 36.0 Å². The number of aliphatic imine (C=N–C) groups is 1. The van der Waals surface area contributed by atoms with Crippen LogP contribution in [0.25, 0.3) is 22.3 Å². The topological polar surface area (TPSA) is 167 Å². The summed E-state index contributed by atoms with van der Waals surface area (Å²) in [6, 6.07) is 21.2. The third-order valence-electron chi connectivity index (χ3n) is 10.4. The fourth-order valence-electron chi connectivity index (χ4n) is 7.51. The van der Waals surface area contributed by atoms with Crippen LogP contribution in [0.4, 0.5) is 4.79 Å². The Morgan fingerprint density at radius 3 is 2.26 bits per heavy atom. The molecule has 2 fully saturated rings. The number of likely N-dealkylation sites (tertiary alicyclic amines) is 2. The molecule has 0 radical (unpaired) electrons. The van der Waals surface area contributed by atoms with Crippen LogP contribution in [-0.2, 0) is 24.1 Å². The van der Waals surface area contributed by atoms with Gasteiger partial charge < -0.3 is 34.7 Å². The van der Waals surface area contributed by atoms with Gasteiger partial charge in [0.25, 0.3) is 5.91 Å². The minimum atomic E-state index is -0.777. The van der Waals surface area contributed by atoms with Crippen molar-refractivity contribution in [3.05, 3.63) is 107 Å². The van der Waals surface area contributed by atoms with Crippen molar-refractivity contribution in [3.8, 4) is 23.1 Å². The number of aromatic amines is 2. The molecule has 2 aliphatic rings. The summed E-state index contributed by atoms with van der Waals surface area (Å²) >= 11 is 0. The van der Waals surface area contributed by atoms with Crippen LogP contribution in [0.2, 0.25) is 0 Å². The van der Waals surface area contributed by atoms with Crippen LogP contribution >= 0.6 is 0 Å². The van der Waals surface area contributed by atoms with Crippen LogP contribution in [0.1, 0.15) is 86.0 Å². The number of imidazole rings is 2. The molecule has 0 spiro atoms. The Morgan fingerprint density at radius 2 is 1.56 bits per heavy atom. The number of methoxy groups -OCH3 is 1. The van der Waals surface area contributed by atoms with Crippen molar-refractivity contribution >= 4 is 35.3 Å². The Kier molecular flexibility index (Phi) is 12.0. The number of ether oxygens (including phenoxy) is 1. The van der Waals surface area contributed by atoms with E-state index in [1.165, 1.54) is 14.2 Å². The second kappa shape index (κ2) is 17.6. The zero-order chi connectivity index (χ0) is 39.9. The maximum atomic E-state index is 13.9. The molecule has 3 amide bonds. The van der Waals surface area contributed by atoms with Gasteiger partial charge in [0.2, 0.25) is 12.3 Å². The van der Waals surface area contributed by atoms with E-state index in [-0.39, 0.29) is 29.8 Å². The number of benzene rings is 3. The number of carbonyl (C=O) groups excluding carboxylic acids is 3. The maximum absolute atomic E-state index is 13.9. The molecule has 3 N–H and O–H groups in total. The monoisotopic (exact) mass is 770 g/mol. The highest BCUT2D eigenvalue weighted by molar-refractivity contribution is 5.87. The molecule has 2 aromatic heterocycles. The lowest BCUT2D eigenvalue weighted by Crippen LogP contribution is -2.51. The van der Waals surface area contributed by atoms with Crippen LogP contribution in [0.3, 0.4) is 0 Å². The molecule has 0 unspecified atom stereocenters. The summed E-state index contributed by atoms with van der Waals surface area (Å²) in [4.78, 5) is 73.4. The van der Waals surface area contributed by atoms with Gasteiger partial charge in [0.15, 0.2) is 6.04 Å². The highest BCUT2D eigenvalue weighted by Crippen LogP contribution is 2.35. The summed E-state index contributed by atoms with van der Waals surface area (Å²) in [7, 11) is 2.67. The van der Waals surface area contributed by atoms with Gasteiger partial charge in [-0.1, -0.05) is 68.2 Å². The lowest BCUT2D eigenvalue weighted by Gasteiger charge is -2.29. The van der Waals surface area contributed by atoms with Crippen LogP contribution < -0.4 is 5.32 Å². The number of H-pyrrole nitrogens is 2. The Bertz CT molecular complexity index is 2290. The average molecular weight is 771 g/mol. The normalized spacial score (nSPS) is 17.8. The second-order valence-corrected chi connectivity index (χ2v) is 14.4. The molecule has 2 saturated heterocycles. The van der Waals surface area contributed by atoms with Crippen molar-refractivity contribution in [1.29, 1.82) is 0 Å². The van der Waals surface area contributed by atoms with E-state index in [2.05, 4.69) is 37.0 Å². The van der Waals surface area contributed by atoms with E-state index >= 15 is 0 Å². The fourth-order valence-corrected chi connectivity index (χ4v) is 7.51. The molecule has 0 bridgehead atoms. The number of carbonyl (C=O) groups is 3. The summed E-state index contributed by atoms with van der Waals surface area (Å²) in [5.41, 5.74) is 5.74. The first-order valence-corrected chi connectivity index (χ1v) is 19.1. The highest BCUT2D eigenvalue weighted by atomic mass is 17.2. The van der Waals surface area contributed by atoms with E-state index in [0.29, 0.717) is 18.9 Å². The average Bonchev–Trinajstić information content (AvgIpc) is 4.07. The quantitative estimate of drug-likeness (QED) is 0.0456. The summed E-state index contributed by atoms with van der Waals surface area (Å²) in [6.45, 7) is 4.98. The predicted octanol–water partition coefficient (Wildman–Crippen LogP) is 6.41. The SMILES string of the molecule is COO/C=N/[C@H](C(=O)N1CCC[C@H]1c1nc2cc(C#Cc3ccc(-c4c[nH]c([C@@H]5CCCN5C(=O)[C@@H](NC(=O)OC)C(C)C)n4)cc3)ccc2[nH]1)c1ccccc1. The third-order valence-corrected chi connectivity index (χ3v) is 10.4. The molecule has 4 atom stereocenters. The number of fused-ring (bicyclic) bond motifs is 1. The maximum Gasteiger partial charge on any atom is 0.407 e. The Hall–Kier alpha value is -6.46. The molecule has 294 valence electrons. The van der Waals surface area contributed by atoms with Gasteiger partial charge in [-0.3, -0.25) is 9.59 Å². The van der Waals surface area contributed by atoms with Crippen molar-refractivity contribution in [2.75, 3.05) is 27.3 Å². The molecule has 0 aliphatic carbocycles. The second-order valence-electron chi connectivity index (χ2n) is 14.4. The number of hydrogen-bond donors (Lipinski definition) is 3. The number of alkyl carbamates (subject to hydrolysis) is 1. The van der Waals surface area contributed by atoms with Gasteiger partial charge in [-0.2, -0.15) is 4.89 Å². The van der Waals surface area contributed by atoms with Gasteiger partial charge in [-0.15, -0.1) is 0 Å². The van der Waals surface area contributed by atoms with E-state index in [1.807, 2.05) is 97.7 Å². The van der Waals surface area contributed by atoms with Crippen molar-refractivity contribution in [3.63, 3.8) is 0 Å². The molecule has 0 saturated carbocycles. The molecule has 14 heteroatoms. The molecule has 7 rings (SSSR count). The summed E-state index contributed by atoms with van der Waals surface area (Å²) in [6.07, 6.45) is 5.62. The van der Waals surface area contributed by atoms with Crippen LogP contribution in [0.5, 0.6) is 0 Å². The van der Waals surface area contributed by atoms with E-state index in [4.69, 9.17) is 19.6 Å². The van der Waals surface area contributed by atoms with Gasteiger partial charge >= 0.3 is 6.09 Å². The number of aromatic nitrogens is 4. The fraction of sp³-hybridized carbons (Fsp3) is 0.349. The summed E-state index contributed by atoms with van der Waals surface area (Å²) < 4.78 is 4.75. The van der Waals surface area contributed by atoms with Crippen molar-refractivity contribution in [2.45, 2.75) is 63.7 Å². The first kappa shape index (κ1) is 38.8. The minimum absolute atomic E-state index is 0.109. The first-order chi connectivity index (χ1) is 27.7. The first-order valence-electron chi connectivity index (χ1n) is 19.1. The molecule has 3 aromatic carbocycles. The molecule has 2 aliphatic heterocycles. The number of amides is 3. The third kappa shape index (κ3) is 8.69. The molecule has 57 heavy (non-hydrogen) atoms. The summed E-state index contributed by atoms with van der Waals surface area (Å²) in [5, 5.41) is 2.69. The Morgan fingerprint density at radius 1 is 0.877 bits per heavy atom. The van der Waals surface area contributed by atoms with E-state index in [1.54, 1.807) is 4.90 Å². The van der Waals surface area contributed by atoms with E-state index in [0.717, 1.165) is 76.9 Å². The standard InChI is InChI=1S/C43H46N8O6/c1-27(2)37(49-43(54)55-3)41(52)50-22-8-12-35(50)39-44-25-34(48-39)30-19-16-28(17-20-30)14-15-29-18-21-32-33(24-29)47-40(46-32)36-13-9-23-51(36)42(53)38(45-26-57-56-4)31-10-6-5-7-11-31/h5-7,10-11,16-21,24-27,35-38H,8-9,12-13,22-23H2,1-4H3,(H,44,48)(H,46,47)(H,49,54)/b45-26+/t35-,36-,37-,38-/m0/s1. The molecular weight excluding hydrogens is 725 g/mol. The zero-order valence-electron chi connectivity index (χ0n) is 32.4. The van der Waals surface area contributed by atoms with E-state index < -0.39 is 18.2 Å². The number of nitrogens with one attached hydrogen (secondary N) is 3. The number of rotatable bonds is 11. The smallest absolute Gasteiger partial charge is 0.407 e. The van der Waals surface area contributed by atoms with Gasteiger partial charge in [0.05, 0.1) is 43.0 Å². The van der Waals surface area contributed by atoms with Crippen molar-refractivity contribution < 1.29 is 28.9 Å². The molecular formula is C43H46N8O6. The van der Waals surface area contributed by atoms with Gasteiger partial charge in [-0.05, 0) is 67.5 Å². The molecule has 5 aromatic rings. The largest absolute Gasteiger partial charge is 0.453 e. The van der Waals surface area contributed by atoms with Crippen LogP contribution in [-0.4, -0.2) is 87.4 Å². The lowest BCUT2D eigenvalue weighted by atomic mass is 10.0. The van der Waals surface area contributed by atoms with Gasteiger partial charge in [-0.25, -0.2) is 19.8 Å². The summed E-state index contributed by atoms with van der Waals surface area (Å²) in [5.74, 6) is 7.57. The molecule has 14 nitrogen and oxygen atoms in total. The number of hydrogen-bond acceptors (Lipinski definition) is 9. The Labute approximate surface area is 331 Å². The zero-order valence-corrected chi connectivity index (χ0v) is 32.4. The van der Waals surface area contributed by atoms with E-state index in [9.17, 15) is 14.4 Å². The van der Waals surface area contributed by atoms with Crippen LogP contribution in [0, 0.1) is 17.8 Å². The number of nitrogens with zero attached hydrogens (tertiary/aromatic N) is 5. The van der Waals surface area contributed by atoms with Crippen LogP contribution in [0.15, 0.2) is 84.0 Å². The van der Waals surface area contributed by atoms with Crippen molar-refractivity contribution in [2.24, 2.45) is 10.9 Å². The van der Waals surface area contributed by atoms with Gasteiger partial charge in [0.1, 0.15) is 17.7 Å². The lowest BCUT2D eigenvalue weighted by molar-refractivity contribution is -0.188. The predicted molar refractivity (Wildman–Crippen MR) is 213 cm³/mol. The minimum Gasteiger partial charge on any atom is -0.453 e. The highest BCUT2D eigenvalue weighted by Gasteiger charge is 2.38. The Balaban J connectivity index is 1.02. The van der Waals surface area contributed by atoms with Crippen molar-refractivity contribution in [1.82, 2.24) is 35.1 Å².